The van der Waals surface area contributed by atoms with Gasteiger partial charge in [-0.25, -0.2) is 8.78 Å². The van der Waals surface area contributed by atoms with Gasteiger partial charge in [-0.3, -0.25) is 4.79 Å². The summed E-state index contributed by atoms with van der Waals surface area (Å²) < 4.78 is 26.9. The molecule has 1 amide bonds. The van der Waals surface area contributed by atoms with E-state index in [-0.39, 0.29) is 23.4 Å². The zero-order chi connectivity index (χ0) is 16.0. The maximum absolute atomic E-state index is 13.4. The summed E-state index contributed by atoms with van der Waals surface area (Å²) in [5.41, 5.74) is 5.26. The van der Waals surface area contributed by atoms with Crippen molar-refractivity contribution >= 4 is 11.6 Å². The molecule has 0 saturated heterocycles. The Labute approximate surface area is 124 Å². The number of para-hydroxylation sites is 1. The number of amides is 1. The molecule has 3 N–H and O–H groups in total. The number of anilines is 1. The number of nitrogens with two attached hydrogens (primary N) is 1. The van der Waals surface area contributed by atoms with Gasteiger partial charge in [0.25, 0.3) is 0 Å². The minimum Gasteiger partial charge on any atom is -0.330 e. The molecule has 0 fully saturated rings. The van der Waals surface area contributed by atoms with Gasteiger partial charge in [-0.05, 0) is 42.9 Å². The first-order valence-corrected chi connectivity index (χ1v) is 7.19. The van der Waals surface area contributed by atoms with Gasteiger partial charge in [0.2, 0.25) is 5.91 Å². The van der Waals surface area contributed by atoms with E-state index in [0.717, 1.165) is 18.6 Å². The highest BCUT2D eigenvalue weighted by molar-refractivity contribution is 5.90. The molecule has 0 saturated carbocycles. The average Bonchev–Trinajstić information content (AvgIpc) is 2.37. The Balaban J connectivity index is 2.61. The molecule has 0 aromatic heterocycles. The van der Waals surface area contributed by atoms with E-state index in [0.29, 0.717) is 18.9 Å². The Morgan fingerprint density at radius 3 is 2.29 bits per heavy atom. The fourth-order valence-electron chi connectivity index (χ4n) is 2.34. The van der Waals surface area contributed by atoms with Crippen LogP contribution in [-0.4, -0.2) is 12.5 Å². The average molecular weight is 298 g/mol. The predicted octanol–water partition coefficient (Wildman–Crippen LogP) is 3.69. The van der Waals surface area contributed by atoms with Crippen LogP contribution in [0.25, 0.3) is 0 Å². The van der Waals surface area contributed by atoms with Crippen LogP contribution in [0, 0.1) is 23.0 Å². The third-order valence-corrected chi connectivity index (χ3v) is 3.69. The summed E-state index contributed by atoms with van der Waals surface area (Å²) in [7, 11) is 0. The number of hydrogen-bond donors (Lipinski definition) is 2. The smallest absolute Gasteiger partial charge is 0.224 e. The molecule has 0 spiro atoms. The molecule has 1 atom stereocenters. The highest BCUT2D eigenvalue weighted by atomic mass is 19.1. The maximum atomic E-state index is 13.4. The van der Waals surface area contributed by atoms with Crippen molar-refractivity contribution < 1.29 is 13.6 Å². The number of carbonyl (C=O) groups excluding carboxylic acids is 1. The Morgan fingerprint density at radius 2 is 1.81 bits per heavy atom. The van der Waals surface area contributed by atoms with Gasteiger partial charge in [-0.1, -0.05) is 26.8 Å². The number of carbonyl (C=O) groups is 1. The summed E-state index contributed by atoms with van der Waals surface area (Å²) in [6.45, 7) is 6.86. The zero-order valence-electron chi connectivity index (χ0n) is 12.9. The molecule has 3 nitrogen and oxygen atoms in total. The molecule has 5 heteroatoms. The summed E-state index contributed by atoms with van der Waals surface area (Å²) in [6, 6.07) is 3.49. The van der Waals surface area contributed by atoms with Gasteiger partial charge >= 0.3 is 0 Å². The monoisotopic (exact) mass is 298 g/mol. The lowest BCUT2D eigenvalue weighted by Gasteiger charge is -2.30. The molecule has 0 aliphatic rings. The second kappa shape index (κ2) is 7.50. The minimum atomic E-state index is -0.766. The highest BCUT2D eigenvalue weighted by Gasteiger charge is 2.24. The van der Waals surface area contributed by atoms with E-state index in [2.05, 4.69) is 26.1 Å². The Bertz CT molecular complexity index is 463. The molecular weight excluding hydrogens is 274 g/mol. The van der Waals surface area contributed by atoms with Crippen molar-refractivity contribution in [1.29, 1.82) is 0 Å². The molecule has 1 aromatic carbocycles. The first kappa shape index (κ1) is 17.6. The lowest BCUT2D eigenvalue weighted by molar-refractivity contribution is -0.116. The summed E-state index contributed by atoms with van der Waals surface area (Å²) >= 11 is 0. The number of nitrogens with one attached hydrogen (secondary N) is 1. The van der Waals surface area contributed by atoms with Crippen LogP contribution in [0.2, 0.25) is 0 Å². The lowest BCUT2D eigenvalue weighted by Crippen LogP contribution is -2.25. The van der Waals surface area contributed by atoms with Crippen molar-refractivity contribution in [3.8, 4) is 0 Å². The first-order chi connectivity index (χ1) is 9.75. The van der Waals surface area contributed by atoms with Crippen LogP contribution in [-0.2, 0) is 4.79 Å². The van der Waals surface area contributed by atoms with E-state index in [9.17, 15) is 13.6 Å². The third-order valence-electron chi connectivity index (χ3n) is 3.69. The topological polar surface area (TPSA) is 55.1 Å². The van der Waals surface area contributed by atoms with Crippen LogP contribution >= 0.6 is 0 Å². The van der Waals surface area contributed by atoms with Gasteiger partial charge in [0.1, 0.15) is 17.3 Å². The third kappa shape index (κ3) is 5.42. The summed E-state index contributed by atoms with van der Waals surface area (Å²) in [5.74, 6) is -1.63. The maximum Gasteiger partial charge on any atom is 0.224 e. The SMILES string of the molecule is CC(C)(C)C(CCN)CCC(=O)Nc1c(F)cccc1F. The van der Waals surface area contributed by atoms with E-state index in [1.54, 1.807) is 0 Å². The quantitative estimate of drug-likeness (QED) is 0.841. The van der Waals surface area contributed by atoms with E-state index >= 15 is 0 Å². The van der Waals surface area contributed by atoms with Crippen molar-refractivity contribution in [3.05, 3.63) is 29.8 Å². The summed E-state index contributed by atoms with van der Waals surface area (Å²) in [4.78, 5) is 11.9. The van der Waals surface area contributed by atoms with Gasteiger partial charge in [0.05, 0.1) is 0 Å². The minimum absolute atomic E-state index is 0.0445. The van der Waals surface area contributed by atoms with Crippen LogP contribution < -0.4 is 11.1 Å². The standard InChI is InChI=1S/C16H24F2N2O/c1-16(2,3)11(9-10-19)7-8-14(21)20-15-12(17)5-4-6-13(15)18/h4-6,11H,7-10,19H2,1-3H3,(H,20,21). The molecule has 21 heavy (non-hydrogen) atoms. The number of halogens is 2. The second-order valence-corrected chi connectivity index (χ2v) is 6.32. The number of hydrogen-bond acceptors (Lipinski definition) is 2. The fourth-order valence-corrected chi connectivity index (χ4v) is 2.34. The predicted molar refractivity (Wildman–Crippen MR) is 80.8 cm³/mol. The van der Waals surface area contributed by atoms with Crippen molar-refractivity contribution in [3.63, 3.8) is 0 Å². The summed E-state index contributed by atoms with van der Waals surface area (Å²) in [6.07, 6.45) is 1.68. The summed E-state index contributed by atoms with van der Waals surface area (Å²) in [5, 5.41) is 2.31. The van der Waals surface area contributed by atoms with Crippen molar-refractivity contribution in [2.75, 3.05) is 11.9 Å². The fraction of sp³-hybridized carbons (Fsp3) is 0.562. The molecule has 1 unspecified atom stereocenters. The van der Waals surface area contributed by atoms with Crippen LogP contribution in [0.5, 0.6) is 0 Å². The lowest BCUT2D eigenvalue weighted by atomic mass is 9.76. The molecular formula is C16H24F2N2O. The van der Waals surface area contributed by atoms with Crippen molar-refractivity contribution in [2.45, 2.75) is 40.0 Å². The molecule has 118 valence electrons. The van der Waals surface area contributed by atoms with Crippen molar-refractivity contribution in [2.24, 2.45) is 17.1 Å². The van der Waals surface area contributed by atoms with E-state index in [1.165, 1.54) is 6.07 Å². The van der Waals surface area contributed by atoms with E-state index < -0.39 is 11.6 Å². The molecule has 0 aliphatic heterocycles. The number of benzene rings is 1. The van der Waals surface area contributed by atoms with Gasteiger partial charge < -0.3 is 11.1 Å². The molecule has 0 radical (unpaired) electrons. The molecule has 1 aromatic rings. The van der Waals surface area contributed by atoms with Gasteiger partial charge in [0, 0.05) is 6.42 Å². The molecule has 0 heterocycles. The van der Waals surface area contributed by atoms with Gasteiger partial charge in [0.15, 0.2) is 0 Å². The molecule has 0 aliphatic carbocycles. The normalized spacial score (nSPS) is 13.0. The Hall–Kier alpha value is -1.49. The Morgan fingerprint density at radius 1 is 1.24 bits per heavy atom. The first-order valence-electron chi connectivity index (χ1n) is 7.19. The highest BCUT2D eigenvalue weighted by Crippen LogP contribution is 2.32. The molecule has 0 bridgehead atoms. The van der Waals surface area contributed by atoms with E-state index in [1.807, 2.05) is 0 Å². The van der Waals surface area contributed by atoms with E-state index in [4.69, 9.17) is 5.73 Å². The second-order valence-electron chi connectivity index (χ2n) is 6.32. The van der Waals surface area contributed by atoms with Crippen LogP contribution in [0.3, 0.4) is 0 Å². The van der Waals surface area contributed by atoms with Gasteiger partial charge in [-0.2, -0.15) is 0 Å². The van der Waals surface area contributed by atoms with Crippen LogP contribution in [0.1, 0.15) is 40.0 Å². The van der Waals surface area contributed by atoms with Gasteiger partial charge in [-0.15, -0.1) is 0 Å². The van der Waals surface area contributed by atoms with Crippen LogP contribution in [0.4, 0.5) is 14.5 Å². The number of rotatable bonds is 6. The largest absolute Gasteiger partial charge is 0.330 e. The zero-order valence-corrected chi connectivity index (χ0v) is 12.9. The van der Waals surface area contributed by atoms with Crippen LogP contribution in [0.15, 0.2) is 18.2 Å². The molecule has 1 rings (SSSR count). The Kier molecular flexibility index (Phi) is 6.27. The van der Waals surface area contributed by atoms with Crippen molar-refractivity contribution in [1.82, 2.24) is 0 Å².